The Kier molecular flexibility index (Phi) is 10.6. The van der Waals surface area contributed by atoms with Crippen LogP contribution in [0.2, 0.25) is 39.3 Å². The number of unbranched alkanes of at least 4 members (excludes halogenated alkanes) is 2. The van der Waals surface area contributed by atoms with Gasteiger partial charge < -0.3 is 0 Å². The maximum atomic E-state index is 2.68. The maximum Gasteiger partial charge on any atom is 0.0904 e. The topological polar surface area (TPSA) is 0 Å². The first-order valence-electron chi connectivity index (χ1n) is 15.0. The number of rotatable bonds is 14. The van der Waals surface area contributed by atoms with Crippen molar-refractivity contribution in [3.05, 3.63) is 23.3 Å². The lowest BCUT2D eigenvalue weighted by Crippen LogP contribution is -2.34. The molecule has 1 aromatic carbocycles. The Hall–Kier alpha value is -0.426. The molecule has 0 aliphatic rings. The molecule has 36 heavy (non-hydrogen) atoms. The van der Waals surface area contributed by atoms with Crippen molar-refractivity contribution in [3.63, 3.8) is 0 Å². The maximum absolute atomic E-state index is 2.68. The molecular formula is C32H54S2Si2. The highest BCUT2D eigenvalue weighted by atomic mass is 32.1. The van der Waals surface area contributed by atoms with Crippen LogP contribution in [-0.2, 0) is 12.8 Å². The molecule has 0 nitrogen and oxygen atoms in total. The van der Waals surface area contributed by atoms with Crippen LogP contribution in [0.15, 0.2) is 12.1 Å². The first-order chi connectivity index (χ1) is 16.9. The summed E-state index contributed by atoms with van der Waals surface area (Å²) in [5, 5.41) is 3.29. The summed E-state index contributed by atoms with van der Waals surface area (Å²) in [4.78, 5) is 0. The molecule has 4 heteroatoms. The number of thiophene rings is 2. The second kappa shape index (κ2) is 12.6. The zero-order chi connectivity index (χ0) is 26.7. The van der Waals surface area contributed by atoms with Crippen LogP contribution in [0.25, 0.3) is 20.2 Å². The fraction of sp³-hybridized carbons (Fsp3) is 0.688. The highest BCUT2D eigenvalue weighted by Crippen LogP contribution is 2.42. The smallest absolute Gasteiger partial charge is 0.0904 e. The van der Waals surface area contributed by atoms with Crippen LogP contribution in [0.4, 0.5) is 0 Å². The van der Waals surface area contributed by atoms with E-state index in [0.29, 0.717) is 0 Å². The van der Waals surface area contributed by atoms with Gasteiger partial charge in [0.25, 0.3) is 0 Å². The fourth-order valence-electron chi connectivity index (χ4n) is 5.53. The van der Waals surface area contributed by atoms with Crippen molar-refractivity contribution < 1.29 is 0 Å². The molecule has 2 unspecified atom stereocenters. The van der Waals surface area contributed by atoms with E-state index in [-0.39, 0.29) is 0 Å². The van der Waals surface area contributed by atoms with Crippen LogP contribution in [0.3, 0.4) is 0 Å². The number of fused-ring (bicyclic) bond motifs is 2. The molecule has 2 aromatic heterocycles. The van der Waals surface area contributed by atoms with Gasteiger partial charge in [0.1, 0.15) is 0 Å². The molecule has 3 rings (SSSR count). The summed E-state index contributed by atoms with van der Waals surface area (Å²) in [6, 6.07) is 5.36. The number of hydrogen-bond acceptors (Lipinski definition) is 2. The van der Waals surface area contributed by atoms with E-state index in [9.17, 15) is 0 Å². The van der Waals surface area contributed by atoms with Gasteiger partial charge in [0.2, 0.25) is 0 Å². The molecular weight excluding hydrogens is 505 g/mol. The Balaban J connectivity index is 2.31. The van der Waals surface area contributed by atoms with Gasteiger partial charge in [0.15, 0.2) is 0 Å². The van der Waals surface area contributed by atoms with Crippen molar-refractivity contribution in [2.45, 2.75) is 131 Å². The van der Waals surface area contributed by atoms with Crippen LogP contribution < -0.4 is 9.00 Å². The Bertz CT molecular complexity index is 981. The average Bonchev–Trinajstić information content (AvgIpc) is 3.45. The summed E-state index contributed by atoms with van der Waals surface area (Å²) in [5.41, 5.74) is 3.42. The minimum Gasteiger partial charge on any atom is -0.145 e. The second-order valence-corrected chi connectivity index (χ2v) is 26.3. The molecule has 0 bridgehead atoms. The summed E-state index contributed by atoms with van der Waals surface area (Å²) in [5.74, 6) is 1.62. The van der Waals surface area contributed by atoms with E-state index in [2.05, 4.69) is 102 Å². The van der Waals surface area contributed by atoms with Crippen molar-refractivity contribution in [2.75, 3.05) is 0 Å². The minimum absolute atomic E-state index is 0.808. The van der Waals surface area contributed by atoms with Crippen molar-refractivity contribution in [2.24, 2.45) is 11.8 Å². The molecule has 0 N–H and O–H groups in total. The van der Waals surface area contributed by atoms with E-state index in [0.717, 1.165) is 11.8 Å². The monoisotopic (exact) mass is 558 g/mol. The van der Waals surface area contributed by atoms with Crippen molar-refractivity contribution in [3.8, 4) is 0 Å². The van der Waals surface area contributed by atoms with Gasteiger partial charge in [-0.25, -0.2) is 0 Å². The van der Waals surface area contributed by atoms with Crippen LogP contribution in [0, 0.1) is 11.8 Å². The van der Waals surface area contributed by atoms with E-state index in [1.807, 2.05) is 0 Å². The lowest BCUT2D eigenvalue weighted by Gasteiger charge is -2.20. The Morgan fingerprint density at radius 3 is 1.25 bits per heavy atom. The first-order valence-corrected chi connectivity index (χ1v) is 23.6. The summed E-state index contributed by atoms with van der Waals surface area (Å²) in [6.45, 7) is 24.8. The van der Waals surface area contributed by atoms with Crippen LogP contribution in [0.1, 0.15) is 90.2 Å². The molecule has 0 spiro atoms. The molecule has 2 heterocycles. The van der Waals surface area contributed by atoms with Crippen LogP contribution >= 0.6 is 22.7 Å². The molecule has 0 amide bonds. The third-order valence-electron chi connectivity index (χ3n) is 8.21. The van der Waals surface area contributed by atoms with E-state index in [1.165, 1.54) is 64.2 Å². The number of hydrogen-bond donors (Lipinski definition) is 0. The summed E-state index contributed by atoms with van der Waals surface area (Å²) in [7, 11) is -2.74. The molecule has 202 valence electrons. The minimum atomic E-state index is -1.37. The molecule has 0 saturated carbocycles. The quantitative estimate of drug-likeness (QED) is 0.173. The average molecular weight is 559 g/mol. The predicted molar refractivity (Wildman–Crippen MR) is 177 cm³/mol. The lowest BCUT2D eigenvalue weighted by molar-refractivity contribution is 0.450. The first kappa shape index (κ1) is 30.1. The molecule has 3 aromatic rings. The zero-order valence-electron chi connectivity index (χ0n) is 25.2. The van der Waals surface area contributed by atoms with E-state index in [1.54, 1.807) is 40.3 Å². The third kappa shape index (κ3) is 6.95. The van der Waals surface area contributed by atoms with Crippen LogP contribution in [0.5, 0.6) is 0 Å². The summed E-state index contributed by atoms with van der Waals surface area (Å²) in [6.07, 6.45) is 13.3. The van der Waals surface area contributed by atoms with E-state index in [4.69, 9.17) is 0 Å². The summed E-state index contributed by atoms with van der Waals surface area (Å²) >= 11 is 4.37. The molecule has 0 fully saturated rings. The van der Waals surface area contributed by atoms with Gasteiger partial charge in [-0.3, -0.25) is 0 Å². The Labute approximate surface area is 233 Å². The largest absolute Gasteiger partial charge is 0.145 e. The van der Waals surface area contributed by atoms with Crippen molar-refractivity contribution in [1.29, 1.82) is 0 Å². The lowest BCUT2D eigenvalue weighted by atomic mass is 9.86. The van der Waals surface area contributed by atoms with Gasteiger partial charge in [-0.1, -0.05) is 118 Å². The van der Waals surface area contributed by atoms with Crippen LogP contribution in [-0.4, -0.2) is 16.1 Å². The molecule has 0 aliphatic carbocycles. The van der Waals surface area contributed by atoms with Gasteiger partial charge in [-0.15, -0.1) is 22.7 Å². The molecule has 0 radical (unpaired) electrons. The van der Waals surface area contributed by atoms with E-state index < -0.39 is 16.1 Å². The van der Waals surface area contributed by atoms with Gasteiger partial charge in [-0.05, 0) is 67.7 Å². The second-order valence-electron chi connectivity index (χ2n) is 13.4. The SMILES string of the molecule is CCCCC(CC)Cc1c2cc([Si](C)(C)C)sc2c(CC(CC)CCCC)c2cc([Si](C)(C)C)sc12. The Morgan fingerprint density at radius 2 is 0.972 bits per heavy atom. The molecule has 0 aliphatic heterocycles. The normalized spacial score (nSPS) is 14.7. The zero-order valence-corrected chi connectivity index (χ0v) is 28.8. The number of benzene rings is 1. The standard InChI is InChI=1S/C32H54S2Si2/c1-11-15-17-23(13-3)19-25-27-21-29(35(5,6)7)34-32(27)26(20-24(14-4)18-16-12-2)28-22-30(33-31(25)28)36(8,9)10/h21-24H,11-20H2,1-10H3. The molecule has 2 atom stereocenters. The molecule has 0 saturated heterocycles. The van der Waals surface area contributed by atoms with Gasteiger partial charge in [0, 0.05) is 9.40 Å². The highest BCUT2D eigenvalue weighted by molar-refractivity contribution is 7.33. The van der Waals surface area contributed by atoms with Gasteiger partial charge in [0.05, 0.1) is 16.1 Å². The van der Waals surface area contributed by atoms with Gasteiger partial charge in [-0.2, -0.15) is 0 Å². The van der Waals surface area contributed by atoms with Gasteiger partial charge >= 0.3 is 0 Å². The Morgan fingerprint density at radius 1 is 0.611 bits per heavy atom. The summed E-state index contributed by atoms with van der Waals surface area (Å²) < 4.78 is 6.72. The van der Waals surface area contributed by atoms with E-state index >= 15 is 0 Å². The van der Waals surface area contributed by atoms with Crippen molar-refractivity contribution in [1.82, 2.24) is 0 Å². The fourth-order valence-corrected chi connectivity index (χ4v) is 11.8. The third-order valence-corrected chi connectivity index (χ3v) is 17.8. The highest BCUT2D eigenvalue weighted by Gasteiger charge is 2.28. The van der Waals surface area contributed by atoms with Crippen molar-refractivity contribution >= 4 is 68.0 Å². The predicted octanol–water partition coefficient (Wildman–Crippen LogP) is 10.7.